The van der Waals surface area contributed by atoms with E-state index in [1.165, 1.54) is 12.0 Å². The van der Waals surface area contributed by atoms with Crippen molar-refractivity contribution in [1.29, 1.82) is 0 Å². The fourth-order valence-corrected chi connectivity index (χ4v) is 11.1. The van der Waals surface area contributed by atoms with Crippen molar-refractivity contribution in [2.75, 3.05) is 52.1 Å². The Balaban J connectivity index is 1.71. The minimum Gasteiger partial charge on any atom is -0.460 e. The number of hydrogen-bond acceptors (Lipinski definition) is 14. The normalized spacial score (nSPS) is 36.5. The zero-order valence-corrected chi connectivity index (χ0v) is 47.1. The number of hydrogen-bond donors (Lipinski definition) is 2. The van der Waals surface area contributed by atoms with Crippen molar-refractivity contribution in [3.05, 3.63) is 47.6 Å². The first-order valence-electron chi connectivity index (χ1n) is 26.5. The summed E-state index contributed by atoms with van der Waals surface area (Å²) in [6.45, 7) is 14.2. The van der Waals surface area contributed by atoms with E-state index in [1.54, 1.807) is 41.1 Å². The Morgan fingerprint density at radius 1 is 0.847 bits per heavy atom. The lowest BCUT2D eigenvalue weighted by atomic mass is 9.78. The van der Waals surface area contributed by atoms with Gasteiger partial charge in [-0.05, 0) is 113 Å². The number of aliphatic hydroxyl groups is 2. The van der Waals surface area contributed by atoms with E-state index >= 15 is 0 Å². The fraction of sp³-hybridized carbons (Fsp3) is 0.768. The zero-order chi connectivity index (χ0) is 53.1. The molecule has 4 rings (SSSR count). The molecule has 2 bridgehead atoms. The Hall–Kier alpha value is -2.68. The predicted molar refractivity (Wildman–Crippen MR) is 283 cm³/mol. The third-order valence-electron chi connectivity index (χ3n) is 15.4. The number of alkyl halides is 1. The third-order valence-corrected chi connectivity index (χ3v) is 16.1. The summed E-state index contributed by atoms with van der Waals surface area (Å²) in [4.78, 5) is 72.7. The number of piperidine rings is 1. The van der Waals surface area contributed by atoms with E-state index in [2.05, 4.69) is 22.6 Å². The fourth-order valence-electron chi connectivity index (χ4n) is 10.8. The van der Waals surface area contributed by atoms with Gasteiger partial charge >= 0.3 is 5.97 Å². The number of halogens is 1. The van der Waals surface area contributed by atoms with Gasteiger partial charge < -0.3 is 48.3 Å². The SMILES string of the molecule is COCCO[C@H]1C[C@@H]2CC[C@@H](C)[C@@](O)(O2)C(=O)C(=O)N2CCCC[C@H]2C(=O)O[C@H](C(C)C[C@@H]2CC[C@@H](OCCCI)[C@H](OC)C2)CC(=O)[C@H](C)/C=C(\C)[C@@H](O)[C@@H](OC)C(=O)[C@H](C)C[C@H](C)/C=C/C=CC=C1C. The van der Waals surface area contributed by atoms with E-state index in [-0.39, 0.29) is 73.9 Å². The molecule has 1 aliphatic carbocycles. The molecule has 0 aromatic heterocycles. The molecule has 15 atom stereocenters. The number of aliphatic hydroxyl groups excluding tert-OH is 1. The summed E-state index contributed by atoms with van der Waals surface area (Å²) in [6.07, 6.45) is 13.5. The number of esters is 1. The van der Waals surface area contributed by atoms with Gasteiger partial charge in [0.25, 0.3) is 11.7 Å². The lowest BCUT2D eigenvalue weighted by molar-refractivity contribution is -0.266. The van der Waals surface area contributed by atoms with Gasteiger partial charge in [0.15, 0.2) is 5.78 Å². The highest BCUT2D eigenvalue weighted by Gasteiger charge is 2.53. The Bertz CT molecular complexity index is 1890. The number of nitrogens with zero attached hydrogens (tertiary/aromatic N) is 1. The second-order valence-electron chi connectivity index (χ2n) is 21.1. The maximum atomic E-state index is 14.6. The van der Waals surface area contributed by atoms with Crippen LogP contribution in [0.2, 0.25) is 0 Å². The van der Waals surface area contributed by atoms with Crippen LogP contribution in [0.5, 0.6) is 0 Å². The van der Waals surface area contributed by atoms with Crippen LogP contribution in [0.4, 0.5) is 0 Å². The maximum Gasteiger partial charge on any atom is 0.329 e. The number of allylic oxidation sites excluding steroid dienone is 6. The highest BCUT2D eigenvalue weighted by Crippen LogP contribution is 2.38. The number of cyclic esters (lactones) is 1. The van der Waals surface area contributed by atoms with Crippen LogP contribution in [-0.4, -0.2) is 151 Å². The van der Waals surface area contributed by atoms with Crippen LogP contribution in [0.3, 0.4) is 0 Å². The number of carbonyl (C=O) groups is 5. The molecule has 3 heterocycles. The van der Waals surface area contributed by atoms with Gasteiger partial charge in [-0.15, -0.1) is 0 Å². The third kappa shape index (κ3) is 17.7. The molecule has 3 aliphatic heterocycles. The number of ketones is 3. The van der Waals surface area contributed by atoms with Crippen molar-refractivity contribution >= 4 is 51.8 Å². The lowest BCUT2D eigenvalue weighted by Crippen LogP contribution is -2.61. The first-order chi connectivity index (χ1) is 34.3. The van der Waals surface area contributed by atoms with Gasteiger partial charge in [-0.1, -0.05) is 93.7 Å². The number of methoxy groups -OCH3 is 3. The van der Waals surface area contributed by atoms with Crippen molar-refractivity contribution in [3.8, 4) is 0 Å². The predicted octanol–water partition coefficient (Wildman–Crippen LogP) is 8.05. The standard InChI is InChI=1S/C56H88INO14/c1-35-17-12-11-13-18-36(2)47(70-28-27-66-8)33-43-22-20-41(7)56(65,72-43)53(62)54(63)58-25-15-14-19-44(58)55(64)71-48(38(4)31-42-21-23-46(49(32-42)67-9)69-26-16-24-57)34-45(59)37(3)30-40(6)51(61)52(68-10)50(60)39(5)29-35/h11-13,17-18,30,35,37-39,41-44,46-49,51-52,61,65H,14-16,19-29,31-34H2,1-10H3/b13-11?,17-12+,36-18?,40-30+/t35-,37-,38?,39-,41-,42+,43+,44+,46-,47+,48+,49-,51-,52+,56-/m1/s1. The molecule has 3 fully saturated rings. The van der Waals surface area contributed by atoms with E-state index in [0.717, 1.165) is 35.7 Å². The van der Waals surface area contributed by atoms with Crippen LogP contribution >= 0.6 is 22.6 Å². The minimum atomic E-state index is -2.45. The maximum absolute atomic E-state index is 14.6. The summed E-state index contributed by atoms with van der Waals surface area (Å²) in [5, 5.41) is 23.6. The summed E-state index contributed by atoms with van der Waals surface area (Å²) in [5.74, 6) is -7.85. The lowest BCUT2D eigenvalue weighted by Gasteiger charge is -2.43. The second-order valence-corrected chi connectivity index (χ2v) is 22.2. The van der Waals surface area contributed by atoms with Gasteiger partial charge in [-0.25, -0.2) is 4.79 Å². The van der Waals surface area contributed by atoms with Gasteiger partial charge in [0.1, 0.15) is 30.1 Å². The summed E-state index contributed by atoms with van der Waals surface area (Å²) in [5.41, 5.74) is 1.26. The molecule has 2 saturated heterocycles. The molecule has 0 radical (unpaired) electrons. The number of fused-ring (bicyclic) bond motifs is 3. The molecular weight excluding hydrogens is 1040 g/mol. The van der Waals surface area contributed by atoms with Crippen LogP contribution in [0.25, 0.3) is 0 Å². The molecule has 1 unspecified atom stereocenters. The summed E-state index contributed by atoms with van der Waals surface area (Å²) >= 11 is 2.34. The molecular formula is C56H88INO14. The van der Waals surface area contributed by atoms with Gasteiger partial charge in [0.2, 0.25) is 5.79 Å². The number of carbonyl (C=O) groups excluding carboxylic acids is 5. The largest absolute Gasteiger partial charge is 0.460 e. The number of rotatable bonds is 13. The van der Waals surface area contributed by atoms with Gasteiger partial charge in [-0.2, -0.15) is 0 Å². The monoisotopic (exact) mass is 1130 g/mol. The molecule has 408 valence electrons. The summed E-state index contributed by atoms with van der Waals surface area (Å²) < 4.78 is 42.9. The quantitative estimate of drug-likeness (QED) is 0.0449. The first-order valence-corrected chi connectivity index (χ1v) is 28.1. The average molecular weight is 1130 g/mol. The Morgan fingerprint density at radius 3 is 2.29 bits per heavy atom. The van der Waals surface area contributed by atoms with E-state index in [4.69, 9.17) is 33.2 Å². The van der Waals surface area contributed by atoms with Gasteiger partial charge in [0.05, 0.1) is 37.6 Å². The molecule has 0 spiro atoms. The van der Waals surface area contributed by atoms with Crippen LogP contribution in [-0.2, 0) is 57.1 Å². The van der Waals surface area contributed by atoms with Crippen molar-refractivity contribution in [1.82, 2.24) is 4.90 Å². The van der Waals surface area contributed by atoms with E-state index in [1.807, 2.05) is 58.1 Å². The zero-order valence-electron chi connectivity index (χ0n) is 44.9. The molecule has 15 nitrogen and oxygen atoms in total. The molecule has 0 aromatic rings. The van der Waals surface area contributed by atoms with Crippen LogP contribution in [0.15, 0.2) is 47.6 Å². The number of amides is 1. The van der Waals surface area contributed by atoms with Crippen molar-refractivity contribution in [2.24, 2.45) is 35.5 Å². The van der Waals surface area contributed by atoms with Crippen LogP contribution < -0.4 is 0 Å². The number of ether oxygens (including phenoxy) is 7. The highest BCUT2D eigenvalue weighted by atomic mass is 127. The number of Topliss-reactive ketones (excluding diaryl/α,β-unsaturated/α-hetero) is 3. The Labute approximate surface area is 443 Å². The van der Waals surface area contributed by atoms with Crippen molar-refractivity contribution in [3.63, 3.8) is 0 Å². The second kappa shape index (κ2) is 30.8. The molecule has 0 aromatic carbocycles. The average Bonchev–Trinajstić information content (AvgIpc) is 3.36. The molecule has 4 aliphatic rings. The van der Waals surface area contributed by atoms with E-state index in [0.29, 0.717) is 57.3 Å². The van der Waals surface area contributed by atoms with Crippen molar-refractivity contribution < 1.29 is 67.3 Å². The smallest absolute Gasteiger partial charge is 0.329 e. The van der Waals surface area contributed by atoms with Crippen molar-refractivity contribution in [2.45, 2.75) is 186 Å². The Morgan fingerprint density at radius 2 is 1.60 bits per heavy atom. The van der Waals surface area contributed by atoms with E-state index < -0.39 is 77.8 Å². The summed E-state index contributed by atoms with van der Waals surface area (Å²) in [7, 11) is 4.67. The first kappa shape index (κ1) is 61.9. The van der Waals surface area contributed by atoms with Crippen LogP contribution in [0.1, 0.15) is 132 Å². The van der Waals surface area contributed by atoms with Crippen LogP contribution in [0, 0.1) is 35.5 Å². The molecule has 16 heteroatoms. The summed E-state index contributed by atoms with van der Waals surface area (Å²) in [6, 6.07) is -1.14. The molecule has 72 heavy (non-hydrogen) atoms. The Kier molecular flexibility index (Phi) is 26.4. The molecule has 1 amide bonds. The van der Waals surface area contributed by atoms with Gasteiger partial charge in [-0.3, -0.25) is 19.2 Å². The minimum absolute atomic E-state index is 0.00824. The topological polar surface area (TPSA) is 194 Å². The highest BCUT2D eigenvalue weighted by molar-refractivity contribution is 14.1. The van der Waals surface area contributed by atoms with Gasteiger partial charge in [0, 0.05) is 69.5 Å². The molecule has 2 N–H and O–H groups in total. The van der Waals surface area contributed by atoms with E-state index in [9.17, 15) is 34.2 Å². The molecule has 1 saturated carbocycles.